The van der Waals surface area contributed by atoms with Crippen molar-refractivity contribution in [3.8, 4) is 0 Å². The number of rotatable bonds is 6. The zero-order valence-corrected chi connectivity index (χ0v) is 14.4. The van der Waals surface area contributed by atoms with E-state index in [0.29, 0.717) is 12.1 Å². The van der Waals surface area contributed by atoms with Crippen molar-refractivity contribution in [1.29, 1.82) is 0 Å². The van der Waals surface area contributed by atoms with Gasteiger partial charge in [-0.15, -0.1) is 0 Å². The first kappa shape index (κ1) is 16.9. The molecule has 3 aromatic rings. The smallest absolute Gasteiger partial charge is 0.255 e. The monoisotopic (exact) mass is 330 g/mol. The lowest BCUT2D eigenvalue weighted by Crippen LogP contribution is -2.36. The maximum atomic E-state index is 13.1. The van der Waals surface area contributed by atoms with Gasteiger partial charge in [0.05, 0.1) is 11.6 Å². The van der Waals surface area contributed by atoms with Gasteiger partial charge in [0.1, 0.15) is 0 Å². The molecule has 0 aliphatic rings. The first-order valence-electron chi connectivity index (χ1n) is 8.59. The van der Waals surface area contributed by atoms with E-state index in [-0.39, 0.29) is 11.9 Å². The third-order valence-corrected chi connectivity index (χ3v) is 4.34. The Morgan fingerprint density at radius 3 is 2.24 bits per heavy atom. The Hall–Kier alpha value is -2.94. The molecule has 0 saturated heterocycles. The second-order valence-corrected chi connectivity index (χ2v) is 5.95. The summed E-state index contributed by atoms with van der Waals surface area (Å²) in [6.07, 6.45) is 4.10. The first-order chi connectivity index (χ1) is 12.3. The Morgan fingerprint density at radius 1 is 0.960 bits per heavy atom. The molecule has 3 nitrogen and oxygen atoms in total. The third-order valence-electron chi connectivity index (χ3n) is 4.34. The van der Waals surface area contributed by atoms with Crippen molar-refractivity contribution in [2.75, 3.05) is 6.54 Å². The van der Waals surface area contributed by atoms with E-state index in [1.54, 1.807) is 18.5 Å². The quantitative estimate of drug-likeness (QED) is 0.665. The number of carbonyl (C=O) groups is 1. The van der Waals surface area contributed by atoms with E-state index in [0.717, 1.165) is 12.0 Å². The maximum absolute atomic E-state index is 13.1. The van der Waals surface area contributed by atoms with Crippen molar-refractivity contribution >= 4 is 5.91 Å². The number of hydrogen-bond donors (Lipinski definition) is 0. The second-order valence-electron chi connectivity index (χ2n) is 5.95. The summed E-state index contributed by atoms with van der Waals surface area (Å²) in [6.45, 7) is 2.66. The molecule has 0 radical (unpaired) electrons. The molecule has 1 unspecified atom stereocenters. The average Bonchev–Trinajstić information content (AvgIpc) is 2.70. The average molecular weight is 330 g/mol. The molecule has 25 heavy (non-hydrogen) atoms. The van der Waals surface area contributed by atoms with Crippen LogP contribution in [0.5, 0.6) is 0 Å². The standard InChI is InChI=1S/C22H22N2O/c1-2-24(22(25)20-14-9-15-23-17-20)21(19-12-7-4-8-13-19)16-18-10-5-3-6-11-18/h3-15,17,21H,2,16H2,1H3. The molecule has 126 valence electrons. The second kappa shape index (κ2) is 8.25. The van der Waals surface area contributed by atoms with Crippen LogP contribution >= 0.6 is 0 Å². The van der Waals surface area contributed by atoms with Gasteiger partial charge in [-0.3, -0.25) is 9.78 Å². The summed E-state index contributed by atoms with van der Waals surface area (Å²) < 4.78 is 0. The molecule has 3 rings (SSSR count). The van der Waals surface area contributed by atoms with Gasteiger partial charge in [-0.05, 0) is 36.6 Å². The number of pyridine rings is 1. The fraction of sp³-hybridized carbons (Fsp3) is 0.182. The molecule has 0 N–H and O–H groups in total. The van der Waals surface area contributed by atoms with Gasteiger partial charge in [-0.1, -0.05) is 60.7 Å². The van der Waals surface area contributed by atoms with Crippen LogP contribution in [0.2, 0.25) is 0 Å². The molecule has 1 atom stereocenters. The highest BCUT2D eigenvalue weighted by Crippen LogP contribution is 2.26. The van der Waals surface area contributed by atoms with Gasteiger partial charge in [-0.25, -0.2) is 0 Å². The van der Waals surface area contributed by atoms with Crippen molar-refractivity contribution in [2.45, 2.75) is 19.4 Å². The number of likely N-dealkylation sites (N-methyl/N-ethyl adjacent to an activating group) is 1. The fourth-order valence-electron chi connectivity index (χ4n) is 3.08. The van der Waals surface area contributed by atoms with Crippen LogP contribution in [-0.4, -0.2) is 22.3 Å². The summed E-state index contributed by atoms with van der Waals surface area (Å²) in [5.41, 5.74) is 2.98. The Labute approximate surface area is 149 Å². The molecule has 1 heterocycles. The lowest BCUT2D eigenvalue weighted by atomic mass is 9.96. The van der Waals surface area contributed by atoms with Gasteiger partial charge in [-0.2, -0.15) is 0 Å². The van der Waals surface area contributed by atoms with E-state index >= 15 is 0 Å². The van der Waals surface area contributed by atoms with E-state index in [9.17, 15) is 4.79 Å². The third kappa shape index (κ3) is 4.13. The topological polar surface area (TPSA) is 33.2 Å². The molecule has 3 heteroatoms. The molecular formula is C22H22N2O. The zero-order chi connectivity index (χ0) is 17.5. The predicted octanol–water partition coefficient (Wildman–Crippen LogP) is 4.53. The number of carbonyl (C=O) groups excluding carboxylic acids is 1. The Bertz CT molecular complexity index is 788. The SMILES string of the molecule is CCN(C(=O)c1cccnc1)C(Cc1ccccc1)c1ccccc1. The lowest BCUT2D eigenvalue weighted by Gasteiger charge is -2.31. The summed E-state index contributed by atoms with van der Waals surface area (Å²) in [6, 6.07) is 24.1. The van der Waals surface area contributed by atoms with Crippen molar-refractivity contribution < 1.29 is 4.79 Å². The van der Waals surface area contributed by atoms with Crippen LogP contribution in [0.1, 0.15) is 34.5 Å². The summed E-state index contributed by atoms with van der Waals surface area (Å²) in [5, 5.41) is 0. The van der Waals surface area contributed by atoms with Crippen LogP contribution in [-0.2, 0) is 6.42 Å². The number of amides is 1. The van der Waals surface area contributed by atoms with Gasteiger partial charge in [0.15, 0.2) is 0 Å². The molecular weight excluding hydrogens is 308 g/mol. The molecule has 0 spiro atoms. The number of hydrogen-bond acceptors (Lipinski definition) is 2. The maximum Gasteiger partial charge on any atom is 0.255 e. The number of nitrogens with zero attached hydrogens (tertiary/aromatic N) is 2. The minimum Gasteiger partial charge on any atom is -0.332 e. The lowest BCUT2D eigenvalue weighted by molar-refractivity contribution is 0.0686. The van der Waals surface area contributed by atoms with Crippen LogP contribution in [0.25, 0.3) is 0 Å². The summed E-state index contributed by atoms with van der Waals surface area (Å²) in [7, 11) is 0. The number of aromatic nitrogens is 1. The van der Waals surface area contributed by atoms with Gasteiger partial charge < -0.3 is 4.90 Å². The molecule has 1 aromatic heterocycles. The Morgan fingerprint density at radius 2 is 1.64 bits per heavy atom. The molecule has 1 amide bonds. The van der Waals surface area contributed by atoms with Crippen LogP contribution < -0.4 is 0 Å². The summed E-state index contributed by atoms with van der Waals surface area (Å²) >= 11 is 0. The highest BCUT2D eigenvalue weighted by Gasteiger charge is 2.25. The Kier molecular flexibility index (Phi) is 5.57. The van der Waals surface area contributed by atoms with Gasteiger partial charge in [0.2, 0.25) is 0 Å². The fourth-order valence-corrected chi connectivity index (χ4v) is 3.08. The minimum absolute atomic E-state index is 0.0127. The highest BCUT2D eigenvalue weighted by atomic mass is 16.2. The van der Waals surface area contributed by atoms with Gasteiger partial charge >= 0.3 is 0 Å². The molecule has 0 aliphatic carbocycles. The Balaban J connectivity index is 1.95. The normalized spacial score (nSPS) is 11.7. The van der Waals surface area contributed by atoms with Crippen LogP contribution in [0.4, 0.5) is 0 Å². The largest absolute Gasteiger partial charge is 0.332 e. The van der Waals surface area contributed by atoms with Gasteiger partial charge in [0.25, 0.3) is 5.91 Å². The van der Waals surface area contributed by atoms with Crippen LogP contribution in [0.15, 0.2) is 85.2 Å². The molecule has 0 bridgehead atoms. The molecule has 0 fully saturated rings. The molecule has 0 aliphatic heterocycles. The summed E-state index contributed by atoms with van der Waals surface area (Å²) in [5.74, 6) is 0.0142. The van der Waals surface area contributed by atoms with E-state index < -0.39 is 0 Å². The molecule has 0 saturated carbocycles. The van der Waals surface area contributed by atoms with Crippen LogP contribution in [0, 0.1) is 0 Å². The van der Waals surface area contributed by atoms with E-state index in [4.69, 9.17) is 0 Å². The van der Waals surface area contributed by atoms with Crippen molar-refractivity contribution in [2.24, 2.45) is 0 Å². The van der Waals surface area contributed by atoms with E-state index in [2.05, 4.69) is 29.2 Å². The van der Waals surface area contributed by atoms with Crippen LogP contribution in [0.3, 0.4) is 0 Å². The van der Waals surface area contributed by atoms with E-state index in [1.807, 2.05) is 54.3 Å². The highest BCUT2D eigenvalue weighted by molar-refractivity contribution is 5.94. The zero-order valence-electron chi connectivity index (χ0n) is 14.4. The first-order valence-corrected chi connectivity index (χ1v) is 8.59. The minimum atomic E-state index is -0.0127. The summed E-state index contributed by atoms with van der Waals surface area (Å²) in [4.78, 5) is 19.1. The number of benzene rings is 2. The predicted molar refractivity (Wildman–Crippen MR) is 100 cm³/mol. The van der Waals surface area contributed by atoms with Gasteiger partial charge in [0, 0.05) is 18.9 Å². The van der Waals surface area contributed by atoms with Crippen molar-refractivity contribution in [3.63, 3.8) is 0 Å². The van der Waals surface area contributed by atoms with E-state index in [1.165, 1.54) is 5.56 Å². The van der Waals surface area contributed by atoms with Crippen molar-refractivity contribution in [3.05, 3.63) is 102 Å². The molecule has 2 aromatic carbocycles. The van der Waals surface area contributed by atoms with Crippen molar-refractivity contribution in [1.82, 2.24) is 9.88 Å².